The average Bonchev–Trinajstić information content (AvgIpc) is 2.79. The lowest BCUT2D eigenvalue weighted by molar-refractivity contribution is -0.153. The standard InChI is InChI=1S/C20H25NO3/c1-18-7-5-13(22)9-12(18)3-4-14-15-6-8-20(24,11-21)19(15,2)10-16(23)17(14)18/h9,14-15,17,24H,3-8,10H2,1-2H3. The van der Waals surface area contributed by atoms with Crippen LogP contribution >= 0.6 is 0 Å². The van der Waals surface area contributed by atoms with Gasteiger partial charge in [0.2, 0.25) is 0 Å². The summed E-state index contributed by atoms with van der Waals surface area (Å²) >= 11 is 0. The number of hydrogen-bond acceptors (Lipinski definition) is 4. The highest BCUT2D eigenvalue weighted by Crippen LogP contribution is 2.66. The van der Waals surface area contributed by atoms with Crippen LogP contribution < -0.4 is 0 Å². The van der Waals surface area contributed by atoms with Gasteiger partial charge in [0.1, 0.15) is 5.78 Å². The molecule has 6 atom stereocenters. The fourth-order valence-electron chi connectivity index (χ4n) is 6.57. The van der Waals surface area contributed by atoms with Crippen LogP contribution in [0.1, 0.15) is 58.8 Å². The molecule has 4 aliphatic carbocycles. The largest absolute Gasteiger partial charge is 0.375 e. The first kappa shape index (κ1) is 16.0. The van der Waals surface area contributed by atoms with Gasteiger partial charge < -0.3 is 5.11 Å². The molecular formula is C20H25NO3. The molecule has 4 nitrogen and oxygen atoms in total. The van der Waals surface area contributed by atoms with Crippen LogP contribution in [0.25, 0.3) is 0 Å². The summed E-state index contributed by atoms with van der Waals surface area (Å²) in [6.07, 6.45) is 6.43. The highest BCUT2D eigenvalue weighted by atomic mass is 16.3. The zero-order chi connectivity index (χ0) is 17.3. The van der Waals surface area contributed by atoms with Crippen molar-refractivity contribution in [2.24, 2.45) is 28.6 Å². The van der Waals surface area contributed by atoms with E-state index in [0.717, 1.165) is 31.3 Å². The van der Waals surface area contributed by atoms with Crippen LogP contribution in [-0.4, -0.2) is 22.3 Å². The Balaban J connectivity index is 1.77. The minimum absolute atomic E-state index is 0.0512. The summed E-state index contributed by atoms with van der Waals surface area (Å²) < 4.78 is 0. The Morgan fingerprint density at radius 3 is 2.67 bits per heavy atom. The lowest BCUT2D eigenvalue weighted by atomic mass is 9.46. The van der Waals surface area contributed by atoms with Crippen LogP contribution in [0.4, 0.5) is 0 Å². The van der Waals surface area contributed by atoms with E-state index in [9.17, 15) is 20.0 Å². The van der Waals surface area contributed by atoms with Crippen molar-refractivity contribution in [3.8, 4) is 6.07 Å². The zero-order valence-electron chi connectivity index (χ0n) is 14.5. The van der Waals surface area contributed by atoms with E-state index in [0.29, 0.717) is 19.3 Å². The Bertz CT molecular complexity index is 704. The molecule has 0 saturated heterocycles. The second kappa shape index (κ2) is 4.79. The topological polar surface area (TPSA) is 78.2 Å². The summed E-state index contributed by atoms with van der Waals surface area (Å²) in [5, 5.41) is 20.3. The lowest BCUT2D eigenvalue weighted by Gasteiger charge is -2.57. The minimum atomic E-state index is -1.38. The maximum absolute atomic E-state index is 13.2. The van der Waals surface area contributed by atoms with Gasteiger partial charge in [-0.05, 0) is 55.4 Å². The number of carbonyl (C=O) groups is 2. The lowest BCUT2D eigenvalue weighted by Crippen LogP contribution is -2.58. The van der Waals surface area contributed by atoms with E-state index < -0.39 is 11.0 Å². The molecule has 0 radical (unpaired) electrons. The van der Waals surface area contributed by atoms with E-state index in [1.54, 1.807) is 6.08 Å². The molecule has 0 bridgehead atoms. The molecule has 0 spiro atoms. The summed E-state index contributed by atoms with van der Waals surface area (Å²) in [6, 6.07) is 2.12. The second-order valence-electron chi connectivity index (χ2n) is 8.91. The molecule has 0 aliphatic heterocycles. The molecule has 4 heteroatoms. The fraction of sp³-hybridized carbons (Fsp3) is 0.750. The average molecular weight is 327 g/mol. The molecule has 6 unspecified atom stereocenters. The van der Waals surface area contributed by atoms with Crippen molar-refractivity contribution < 1.29 is 14.7 Å². The summed E-state index contributed by atoms with van der Waals surface area (Å²) in [6.45, 7) is 4.11. The summed E-state index contributed by atoms with van der Waals surface area (Å²) in [4.78, 5) is 25.0. The molecule has 0 aromatic carbocycles. The highest BCUT2D eigenvalue weighted by molar-refractivity contribution is 5.93. The van der Waals surface area contributed by atoms with Gasteiger partial charge in [-0.3, -0.25) is 9.59 Å². The van der Waals surface area contributed by atoms with Crippen LogP contribution in [0.2, 0.25) is 0 Å². The first-order chi connectivity index (χ1) is 11.2. The Morgan fingerprint density at radius 2 is 1.96 bits per heavy atom. The number of carbonyl (C=O) groups excluding carboxylic acids is 2. The van der Waals surface area contributed by atoms with Crippen molar-refractivity contribution in [3.05, 3.63) is 11.6 Å². The smallest absolute Gasteiger partial charge is 0.157 e. The van der Waals surface area contributed by atoms with Gasteiger partial charge in [-0.2, -0.15) is 5.26 Å². The number of allylic oxidation sites excluding steroid dienone is 1. The third-order valence-corrected chi connectivity index (χ3v) is 7.99. The number of ketones is 2. The van der Waals surface area contributed by atoms with Gasteiger partial charge in [0.25, 0.3) is 0 Å². The van der Waals surface area contributed by atoms with Crippen LogP contribution in [0, 0.1) is 39.9 Å². The van der Waals surface area contributed by atoms with Gasteiger partial charge in [0.05, 0.1) is 6.07 Å². The molecule has 3 fully saturated rings. The predicted molar refractivity (Wildman–Crippen MR) is 87.7 cm³/mol. The molecule has 0 aromatic heterocycles. The van der Waals surface area contributed by atoms with Gasteiger partial charge in [0, 0.05) is 24.2 Å². The van der Waals surface area contributed by atoms with E-state index in [4.69, 9.17) is 0 Å². The maximum Gasteiger partial charge on any atom is 0.157 e. The Morgan fingerprint density at radius 1 is 1.21 bits per heavy atom. The first-order valence-electron chi connectivity index (χ1n) is 9.15. The fourth-order valence-corrected chi connectivity index (χ4v) is 6.57. The number of rotatable bonds is 0. The zero-order valence-corrected chi connectivity index (χ0v) is 14.5. The van der Waals surface area contributed by atoms with Gasteiger partial charge in [-0.15, -0.1) is 0 Å². The van der Waals surface area contributed by atoms with Crippen LogP contribution in [-0.2, 0) is 9.59 Å². The highest BCUT2D eigenvalue weighted by Gasteiger charge is 2.66. The molecule has 3 saturated carbocycles. The van der Waals surface area contributed by atoms with E-state index in [-0.39, 0.29) is 34.7 Å². The summed E-state index contributed by atoms with van der Waals surface area (Å²) in [7, 11) is 0. The molecule has 4 rings (SSSR count). The monoisotopic (exact) mass is 327 g/mol. The maximum atomic E-state index is 13.2. The predicted octanol–water partition coefficient (Wildman–Crippen LogP) is 2.95. The number of fused-ring (bicyclic) bond motifs is 5. The van der Waals surface area contributed by atoms with Crippen LogP contribution in [0.15, 0.2) is 11.6 Å². The quantitative estimate of drug-likeness (QED) is 0.694. The molecule has 24 heavy (non-hydrogen) atoms. The number of aliphatic hydroxyl groups is 1. The SMILES string of the molecule is CC12CCC(=O)C=C1CCC1C2C(=O)CC2(C)C1CCC2(O)C#N. The third-order valence-electron chi connectivity index (χ3n) is 7.99. The summed E-state index contributed by atoms with van der Waals surface area (Å²) in [5.41, 5.74) is -1.05. The number of nitriles is 1. The second-order valence-corrected chi connectivity index (χ2v) is 8.91. The van der Waals surface area contributed by atoms with E-state index in [1.165, 1.54) is 0 Å². The Hall–Kier alpha value is -1.47. The third kappa shape index (κ3) is 1.77. The minimum Gasteiger partial charge on any atom is -0.375 e. The number of hydrogen-bond donors (Lipinski definition) is 1. The van der Waals surface area contributed by atoms with Crippen LogP contribution in [0.3, 0.4) is 0 Å². The van der Waals surface area contributed by atoms with Crippen LogP contribution in [0.5, 0.6) is 0 Å². The molecule has 0 heterocycles. The first-order valence-corrected chi connectivity index (χ1v) is 9.15. The molecule has 0 amide bonds. The van der Waals surface area contributed by atoms with E-state index in [1.807, 2.05) is 6.92 Å². The number of Topliss-reactive ketones (excluding diaryl/α,β-unsaturated/α-hetero) is 1. The molecule has 4 aliphatic rings. The Kier molecular flexibility index (Phi) is 3.20. The van der Waals surface area contributed by atoms with Gasteiger partial charge in [0.15, 0.2) is 11.4 Å². The molecule has 128 valence electrons. The Labute approximate surface area is 142 Å². The van der Waals surface area contributed by atoms with Crippen molar-refractivity contribution in [3.63, 3.8) is 0 Å². The van der Waals surface area contributed by atoms with Crippen molar-refractivity contribution in [2.75, 3.05) is 0 Å². The van der Waals surface area contributed by atoms with Crippen molar-refractivity contribution in [2.45, 2.75) is 64.4 Å². The van der Waals surface area contributed by atoms with E-state index >= 15 is 0 Å². The normalized spacial score (nSPS) is 50.4. The van der Waals surface area contributed by atoms with Gasteiger partial charge in [-0.25, -0.2) is 0 Å². The molecular weight excluding hydrogens is 302 g/mol. The van der Waals surface area contributed by atoms with Crippen molar-refractivity contribution in [1.29, 1.82) is 5.26 Å². The van der Waals surface area contributed by atoms with Gasteiger partial charge >= 0.3 is 0 Å². The molecule has 1 N–H and O–H groups in total. The molecule has 0 aromatic rings. The van der Waals surface area contributed by atoms with Crippen molar-refractivity contribution in [1.82, 2.24) is 0 Å². The van der Waals surface area contributed by atoms with Crippen molar-refractivity contribution >= 4 is 11.6 Å². The summed E-state index contributed by atoms with van der Waals surface area (Å²) in [5.74, 6) is 0.782. The van der Waals surface area contributed by atoms with E-state index in [2.05, 4.69) is 13.0 Å². The van der Waals surface area contributed by atoms with Gasteiger partial charge in [-0.1, -0.05) is 19.4 Å². The number of nitrogens with zero attached hydrogens (tertiary/aromatic N) is 1.